The van der Waals surface area contributed by atoms with Gasteiger partial charge in [0.2, 0.25) is 5.76 Å². The summed E-state index contributed by atoms with van der Waals surface area (Å²) in [6.45, 7) is 6.32. The molecule has 1 saturated carbocycles. The van der Waals surface area contributed by atoms with E-state index < -0.39 is 0 Å². The minimum atomic E-state index is 0.0169. The lowest BCUT2D eigenvalue weighted by Gasteiger charge is -2.36. The van der Waals surface area contributed by atoms with Crippen molar-refractivity contribution < 1.29 is 9.21 Å². The molecule has 2 aromatic heterocycles. The Bertz CT molecular complexity index is 1080. The molecule has 8 heteroatoms. The number of amides is 1. The molecule has 3 aromatic rings. The Morgan fingerprint density at radius 1 is 1.07 bits per heavy atom. The molecule has 1 aliphatic carbocycles. The SMILES string of the molecule is O=C1c2oc(C3CC3)nc2CCN1CCN1CCN(c2nsc3ccccc23)CC1. The van der Waals surface area contributed by atoms with E-state index in [1.54, 1.807) is 11.5 Å². The summed E-state index contributed by atoms with van der Waals surface area (Å²) in [5.41, 5.74) is 0.863. The first kappa shape index (κ1) is 18.3. The van der Waals surface area contributed by atoms with Crippen LogP contribution in [0, 0.1) is 0 Å². The van der Waals surface area contributed by atoms with Crippen LogP contribution in [-0.4, -0.2) is 70.9 Å². The molecule has 0 bridgehead atoms. The Morgan fingerprint density at radius 2 is 1.90 bits per heavy atom. The van der Waals surface area contributed by atoms with Crippen molar-refractivity contribution in [1.82, 2.24) is 19.2 Å². The van der Waals surface area contributed by atoms with Crippen molar-refractivity contribution in [2.24, 2.45) is 0 Å². The Labute approximate surface area is 179 Å². The second-order valence-electron chi connectivity index (χ2n) is 8.48. The van der Waals surface area contributed by atoms with E-state index in [2.05, 4.69) is 39.0 Å². The third kappa shape index (κ3) is 3.28. The van der Waals surface area contributed by atoms with E-state index in [0.717, 1.165) is 82.5 Å². The Morgan fingerprint density at radius 3 is 2.73 bits per heavy atom. The number of hydrogen-bond donors (Lipinski definition) is 0. The zero-order chi connectivity index (χ0) is 20.1. The van der Waals surface area contributed by atoms with Crippen molar-refractivity contribution >= 4 is 33.3 Å². The molecular weight excluding hydrogens is 398 g/mol. The highest BCUT2D eigenvalue weighted by Crippen LogP contribution is 2.40. The smallest absolute Gasteiger partial charge is 0.291 e. The van der Waals surface area contributed by atoms with Crippen molar-refractivity contribution in [2.45, 2.75) is 25.2 Å². The van der Waals surface area contributed by atoms with E-state index in [1.807, 2.05) is 4.90 Å². The van der Waals surface area contributed by atoms with Crippen LogP contribution in [0.2, 0.25) is 0 Å². The number of rotatable bonds is 5. The molecule has 0 unspecified atom stereocenters. The van der Waals surface area contributed by atoms with Crippen LogP contribution in [0.1, 0.15) is 40.9 Å². The number of aromatic nitrogens is 2. The molecule has 2 aliphatic heterocycles. The van der Waals surface area contributed by atoms with Crippen LogP contribution in [0.15, 0.2) is 28.7 Å². The second kappa shape index (κ2) is 7.35. The van der Waals surface area contributed by atoms with Crippen molar-refractivity contribution in [1.29, 1.82) is 0 Å². The summed E-state index contributed by atoms with van der Waals surface area (Å²) in [4.78, 5) is 24.2. The molecule has 1 saturated heterocycles. The summed E-state index contributed by atoms with van der Waals surface area (Å²) in [6.07, 6.45) is 3.09. The highest BCUT2D eigenvalue weighted by atomic mass is 32.1. The van der Waals surface area contributed by atoms with Crippen LogP contribution in [0.4, 0.5) is 5.82 Å². The molecule has 1 aromatic carbocycles. The van der Waals surface area contributed by atoms with Crippen LogP contribution in [0.5, 0.6) is 0 Å². The maximum atomic E-state index is 12.8. The summed E-state index contributed by atoms with van der Waals surface area (Å²) in [7, 11) is 0. The largest absolute Gasteiger partial charge is 0.435 e. The number of carbonyl (C=O) groups excluding carboxylic acids is 1. The van der Waals surface area contributed by atoms with Gasteiger partial charge in [0, 0.05) is 63.5 Å². The topological polar surface area (TPSA) is 65.7 Å². The van der Waals surface area contributed by atoms with Gasteiger partial charge in [0.05, 0.1) is 10.4 Å². The number of anilines is 1. The number of fused-ring (bicyclic) bond motifs is 2. The van der Waals surface area contributed by atoms with Crippen molar-refractivity contribution in [3.8, 4) is 0 Å². The molecule has 2 fully saturated rings. The predicted molar refractivity (Wildman–Crippen MR) is 116 cm³/mol. The first-order valence-electron chi connectivity index (χ1n) is 10.9. The fourth-order valence-corrected chi connectivity index (χ4v) is 5.25. The normalized spacial score (nSPS) is 20.2. The molecule has 1 amide bonds. The number of oxazole rings is 1. The average molecular weight is 424 g/mol. The zero-order valence-corrected chi connectivity index (χ0v) is 17.7. The minimum Gasteiger partial charge on any atom is -0.435 e. The second-order valence-corrected chi connectivity index (χ2v) is 9.28. The molecule has 0 N–H and O–H groups in total. The van der Waals surface area contributed by atoms with Crippen LogP contribution in [0.25, 0.3) is 10.1 Å². The molecule has 7 nitrogen and oxygen atoms in total. The van der Waals surface area contributed by atoms with Gasteiger partial charge in [0.1, 0.15) is 5.82 Å². The lowest BCUT2D eigenvalue weighted by molar-refractivity contribution is 0.0679. The van der Waals surface area contributed by atoms with Gasteiger partial charge in [-0.1, -0.05) is 12.1 Å². The molecular formula is C22H25N5O2S. The van der Waals surface area contributed by atoms with Gasteiger partial charge >= 0.3 is 0 Å². The van der Waals surface area contributed by atoms with E-state index in [-0.39, 0.29) is 5.91 Å². The van der Waals surface area contributed by atoms with Gasteiger partial charge in [-0.25, -0.2) is 4.98 Å². The summed E-state index contributed by atoms with van der Waals surface area (Å²) < 4.78 is 11.8. The van der Waals surface area contributed by atoms with Gasteiger partial charge in [-0.3, -0.25) is 9.69 Å². The van der Waals surface area contributed by atoms with Crippen LogP contribution < -0.4 is 4.90 Å². The Kier molecular flexibility index (Phi) is 4.49. The third-order valence-corrected chi connectivity index (χ3v) is 7.27. The molecule has 6 rings (SSSR count). The monoisotopic (exact) mass is 423 g/mol. The number of piperazine rings is 1. The van der Waals surface area contributed by atoms with Gasteiger partial charge in [-0.15, -0.1) is 0 Å². The molecule has 4 heterocycles. The predicted octanol–water partition coefficient (Wildman–Crippen LogP) is 2.98. The number of benzene rings is 1. The number of nitrogens with zero attached hydrogens (tertiary/aromatic N) is 5. The molecule has 0 atom stereocenters. The first-order chi connectivity index (χ1) is 14.8. The van der Waals surface area contributed by atoms with Gasteiger partial charge in [-0.05, 0) is 36.5 Å². The maximum absolute atomic E-state index is 12.8. The maximum Gasteiger partial charge on any atom is 0.291 e. The summed E-state index contributed by atoms with van der Waals surface area (Å²) in [6, 6.07) is 8.45. The van der Waals surface area contributed by atoms with E-state index in [1.165, 1.54) is 10.1 Å². The Hall–Kier alpha value is -2.45. The highest BCUT2D eigenvalue weighted by Gasteiger charge is 2.35. The molecule has 0 spiro atoms. The van der Waals surface area contributed by atoms with E-state index >= 15 is 0 Å². The van der Waals surface area contributed by atoms with E-state index in [0.29, 0.717) is 11.7 Å². The number of carbonyl (C=O) groups is 1. The fourth-order valence-electron chi connectivity index (χ4n) is 4.46. The van der Waals surface area contributed by atoms with Gasteiger partial charge in [0.25, 0.3) is 5.91 Å². The first-order valence-corrected chi connectivity index (χ1v) is 11.6. The number of hydrogen-bond acceptors (Lipinski definition) is 7. The van der Waals surface area contributed by atoms with Gasteiger partial charge in [-0.2, -0.15) is 4.37 Å². The van der Waals surface area contributed by atoms with E-state index in [4.69, 9.17) is 8.79 Å². The lowest BCUT2D eigenvalue weighted by atomic mass is 10.1. The quantitative estimate of drug-likeness (QED) is 0.629. The fraction of sp³-hybridized carbons (Fsp3) is 0.500. The summed E-state index contributed by atoms with van der Waals surface area (Å²) in [5, 5.41) is 1.25. The lowest BCUT2D eigenvalue weighted by Crippen LogP contribution is -2.49. The van der Waals surface area contributed by atoms with Crippen molar-refractivity contribution in [3.05, 3.63) is 41.6 Å². The molecule has 3 aliphatic rings. The molecule has 30 heavy (non-hydrogen) atoms. The minimum absolute atomic E-state index is 0.0169. The summed E-state index contributed by atoms with van der Waals surface area (Å²) >= 11 is 1.58. The van der Waals surface area contributed by atoms with E-state index in [9.17, 15) is 4.79 Å². The van der Waals surface area contributed by atoms with Crippen LogP contribution in [0.3, 0.4) is 0 Å². The summed E-state index contributed by atoms with van der Waals surface area (Å²) in [5.74, 6) is 2.85. The zero-order valence-electron chi connectivity index (χ0n) is 16.9. The van der Waals surface area contributed by atoms with Crippen LogP contribution in [-0.2, 0) is 6.42 Å². The highest BCUT2D eigenvalue weighted by molar-refractivity contribution is 7.13. The standard InChI is InChI=1S/C22H25N5O2S/c28-22-19-17(23-21(29-19)15-5-6-15)7-8-27(22)14-11-25-9-12-26(13-10-25)20-16-3-1-2-4-18(16)30-24-20/h1-4,15H,5-14H2. The Balaban J connectivity index is 1.05. The molecule has 0 radical (unpaired) electrons. The van der Waals surface area contributed by atoms with Crippen molar-refractivity contribution in [3.63, 3.8) is 0 Å². The van der Waals surface area contributed by atoms with Crippen molar-refractivity contribution in [2.75, 3.05) is 50.7 Å². The average Bonchev–Trinajstić information content (AvgIpc) is 3.39. The third-order valence-electron chi connectivity index (χ3n) is 6.46. The van der Waals surface area contributed by atoms with Gasteiger partial charge < -0.3 is 14.2 Å². The van der Waals surface area contributed by atoms with Gasteiger partial charge in [0.15, 0.2) is 5.89 Å². The van der Waals surface area contributed by atoms with Crippen LogP contribution >= 0.6 is 11.5 Å². The molecule has 156 valence electrons.